The molecule has 0 saturated heterocycles. The van der Waals surface area contributed by atoms with Crippen LogP contribution in [0.2, 0.25) is 0 Å². The highest BCUT2D eigenvalue weighted by atomic mass is 19.1. The molecule has 1 aromatic heterocycles. The van der Waals surface area contributed by atoms with E-state index >= 15 is 0 Å². The summed E-state index contributed by atoms with van der Waals surface area (Å²) in [6, 6.07) is 4.63. The first-order chi connectivity index (χ1) is 8.08. The van der Waals surface area contributed by atoms with E-state index in [4.69, 9.17) is 0 Å². The fraction of sp³-hybridized carbons (Fsp3) is 0.250. The number of aromatic amines is 1. The van der Waals surface area contributed by atoms with E-state index in [2.05, 4.69) is 10.3 Å². The van der Waals surface area contributed by atoms with Crippen molar-refractivity contribution in [2.75, 3.05) is 6.54 Å². The Bertz CT molecular complexity index is 563. The molecule has 1 heterocycles. The van der Waals surface area contributed by atoms with Crippen molar-refractivity contribution >= 4 is 16.8 Å². The van der Waals surface area contributed by atoms with E-state index in [1.54, 1.807) is 6.07 Å². The number of rotatable bonds is 3. The maximum Gasteiger partial charge on any atom is 0.216 e. The lowest BCUT2D eigenvalue weighted by atomic mass is 10.1. The van der Waals surface area contributed by atoms with E-state index in [1.165, 1.54) is 19.1 Å². The molecule has 3 N–H and O–H groups in total. The van der Waals surface area contributed by atoms with Crippen molar-refractivity contribution in [3.8, 4) is 5.75 Å². The van der Waals surface area contributed by atoms with Gasteiger partial charge in [0, 0.05) is 29.9 Å². The highest BCUT2D eigenvalue weighted by Crippen LogP contribution is 2.25. The van der Waals surface area contributed by atoms with E-state index < -0.39 is 5.95 Å². The third kappa shape index (κ3) is 2.38. The van der Waals surface area contributed by atoms with Crippen molar-refractivity contribution in [2.24, 2.45) is 0 Å². The quantitative estimate of drug-likeness (QED) is 0.759. The number of carbonyl (C=O) groups excluding carboxylic acids is 1. The number of aromatic hydroxyl groups is 1. The highest BCUT2D eigenvalue weighted by molar-refractivity contribution is 5.85. The molecule has 0 spiro atoms. The van der Waals surface area contributed by atoms with Gasteiger partial charge in [-0.05, 0) is 24.6 Å². The van der Waals surface area contributed by atoms with Gasteiger partial charge < -0.3 is 15.4 Å². The van der Waals surface area contributed by atoms with Gasteiger partial charge >= 0.3 is 0 Å². The van der Waals surface area contributed by atoms with Gasteiger partial charge in [-0.1, -0.05) is 0 Å². The molecule has 0 bridgehead atoms. The second-order valence-electron chi connectivity index (χ2n) is 3.88. The van der Waals surface area contributed by atoms with Crippen molar-refractivity contribution in [3.05, 3.63) is 29.7 Å². The molecule has 2 rings (SSSR count). The molecule has 5 heteroatoms. The maximum atomic E-state index is 13.6. The molecule has 0 unspecified atom stereocenters. The van der Waals surface area contributed by atoms with Crippen LogP contribution in [0.25, 0.3) is 10.9 Å². The van der Waals surface area contributed by atoms with E-state index in [0.717, 1.165) is 0 Å². The van der Waals surface area contributed by atoms with Crippen LogP contribution in [0.3, 0.4) is 0 Å². The number of hydrogen-bond acceptors (Lipinski definition) is 2. The van der Waals surface area contributed by atoms with E-state index in [-0.39, 0.29) is 11.7 Å². The Morgan fingerprint density at radius 2 is 2.29 bits per heavy atom. The molecular weight excluding hydrogens is 223 g/mol. The third-order valence-electron chi connectivity index (χ3n) is 2.59. The SMILES string of the molecule is CC(=O)NCCc1c(F)[nH]c2ccc(O)cc12. The molecule has 0 fully saturated rings. The summed E-state index contributed by atoms with van der Waals surface area (Å²) >= 11 is 0. The van der Waals surface area contributed by atoms with Gasteiger partial charge in [-0.15, -0.1) is 0 Å². The van der Waals surface area contributed by atoms with E-state index in [0.29, 0.717) is 29.4 Å². The fourth-order valence-electron chi connectivity index (χ4n) is 1.81. The predicted molar refractivity (Wildman–Crippen MR) is 62.3 cm³/mol. The van der Waals surface area contributed by atoms with Crippen LogP contribution in [-0.4, -0.2) is 22.5 Å². The number of aromatic nitrogens is 1. The summed E-state index contributed by atoms with van der Waals surface area (Å²) < 4.78 is 13.6. The van der Waals surface area contributed by atoms with Crippen LogP contribution in [-0.2, 0) is 11.2 Å². The first-order valence-electron chi connectivity index (χ1n) is 5.31. The number of amides is 1. The summed E-state index contributed by atoms with van der Waals surface area (Å²) in [5, 5.41) is 12.6. The Hall–Kier alpha value is -2.04. The molecule has 1 amide bonds. The molecule has 0 aliphatic rings. The topological polar surface area (TPSA) is 65.1 Å². The minimum Gasteiger partial charge on any atom is -0.508 e. The summed E-state index contributed by atoms with van der Waals surface area (Å²) in [5.74, 6) is -0.471. The molecule has 90 valence electrons. The van der Waals surface area contributed by atoms with Crippen molar-refractivity contribution in [2.45, 2.75) is 13.3 Å². The smallest absolute Gasteiger partial charge is 0.216 e. The molecule has 2 aromatic rings. The Morgan fingerprint density at radius 1 is 1.53 bits per heavy atom. The minimum absolute atomic E-state index is 0.0947. The lowest BCUT2D eigenvalue weighted by Crippen LogP contribution is -2.22. The maximum absolute atomic E-state index is 13.6. The number of hydrogen-bond donors (Lipinski definition) is 3. The first-order valence-corrected chi connectivity index (χ1v) is 5.31. The number of fused-ring (bicyclic) bond motifs is 1. The summed E-state index contributed by atoms with van der Waals surface area (Å²) in [6.45, 7) is 1.78. The average molecular weight is 236 g/mol. The van der Waals surface area contributed by atoms with Crippen LogP contribution in [0.4, 0.5) is 4.39 Å². The normalized spacial score (nSPS) is 10.7. The number of H-pyrrole nitrogens is 1. The van der Waals surface area contributed by atoms with Gasteiger partial charge in [0.1, 0.15) is 5.75 Å². The summed E-state index contributed by atoms with van der Waals surface area (Å²) in [7, 11) is 0. The summed E-state index contributed by atoms with van der Waals surface area (Å²) in [4.78, 5) is 13.3. The lowest BCUT2D eigenvalue weighted by molar-refractivity contribution is -0.118. The number of benzene rings is 1. The van der Waals surface area contributed by atoms with Crippen LogP contribution in [0.5, 0.6) is 5.75 Å². The molecule has 0 aliphatic heterocycles. The van der Waals surface area contributed by atoms with Gasteiger partial charge in [-0.25, -0.2) is 0 Å². The zero-order chi connectivity index (χ0) is 12.4. The first kappa shape index (κ1) is 11.4. The second kappa shape index (κ2) is 4.45. The van der Waals surface area contributed by atoms with Crippen LogP contribution < -0.4 is 5.32 Å². The van der Waals surface area contributed by atoms with Crippen molar-refractivity contribution in [1.29, 1.82) is 0 Å². The Balaban J connectivity index is 2.28. The molecule has 4 nitrogen and oxygen atoms in total. The summed E-state index contributed by atoms with van der Waals surface area (Å²) in [5.41, 5.74) is 1.11. The van der Waals surface area contributed by atoms with E-state index in [9.17, 15) is 14.3 Å². The average Bonchev–Trinajstić information content (AvgIpc) is 2.55. The second-order valence-corrected chi connectivity index (χ2v) is 3.88. The number of phenolic OH excluding ortho intramolecular Hbond substituents is 1. The standard InChI is InChI=1S/C12H13FN2O2/c1-7(16)14-5-4-9-10-6-8(17)2-3-11(10)15-12(9)13/h2-3,6,15,17H,4-5H2,1H3,(H,14,16). The zero-order valence-corrected chi connectivity index (χ0v) is 9.38. The lowest BCUT2D eigenvalue weighted by Gasteiger charge is -2.01. The molecular formula is C12H13FN2O2. The van der Waals surface area contributed by atoms with Gasteiger partial charge in [-0.3, -0.25) is 4.79 Å². The summed E-state index contributed by atoms with van der Waals surface area (Å²) in [6.07, 6.45) is 0.384. The molecule has 0 aliphatic carbocycles. The number of halogens is 1. The van der Waals surface area contributed by atoms with Crippen LogP contribution in [0.15, 0.2) is 18.2 Å². The number of carbonyl (C=O) groups is 1. The number of phenols is 1. The van der Waals surface area contributed by atoms with E-state index in [1.807, 2.05) is 0 Å². The molecule has 0 atom stereocenters. The van der Waals surface area contributed by atoms with Gasteiger partial charge in [0.25, 0.3) is 0 Å². The number of nitrogens with one attached hydrogen (secondary N) is 2. The molecule has 0 saturated carbocycles. The molecule has 1 aromatic carbocycles. The van der Waals surface area contributed by atoms with Gasteiger partial charge in [0.05, 0.1) is 0 Å². The fourth-order valence-corrected chi connectivity index (χ4v) is 1.81. The monoisotopic (exact) mass is 236 g/mol. The van der Waals surface area contributed by atoms with Crippen LogP contribution in [0.1, 0.15) is 12.5 Å². The molecule has 0 radical (unpaired) electrons. The Labute approximate surface area is 97.5 Å². The zero-order valence-electron chi connectivity index (χ0n) is 9.38. The van der Waals surface area contributed by atoms with Crippen LogP contribution in [0, 0.1) is 5.95 Å². The Morgan fingerprint density at radius 3 is 3.00 bits per heavy atom. The highest BCUT2D eigenvalue weighted by Gasteiger charge is 2.11. The van der Waals surface area contributed by atoms with Crippen molar-refractivity contribution in [1.82, 2.24) is 10.3 Å². The largest absolute Gasteiger partial charge is 0.508 e. The van der Waals surface area contributed by atoms with Crippen LogP contribution >= 0.6 is 0 Å². The van der Waals surface area contributed by atoms with Gasteiger partial charge in [-0.2, -0.15) is 4.39 Å². The minimum atomic E-state index is -0.420. The van der Waals surface area contributed by atoms with Crippen molar-refractivity contribution < 1.29 is 14.3 Å². The Kier molecular flexibility index (Phi) is 2.99. The van der Waals surface area contributed by atoms with Crippen molar-refractivity contribution in [3.63, 3.8) is 0 Å². The predicted octanol–water partition coefficient (Wildman–Crippen LogP) is 1.69. The third-order valence-corrected chi connectivity index (χ3v) is 2.59. The van der Waals surface area contributed by atoms with Gasteiger partial charge in [0.2, 0.25) is 5.91 Å². The molecule has 17 heavy (non-hydrogen) atoms. The van der Waals surface area contributed by atoms with Gasteiger partial charge in [0.15, 0.2) is 5.95 Å².